The van der Waals surface area contributed by atoms with Gasteiger partial charge in [-0.05, 0) is 77.9 Å². The van der Waals surface area contributed by atoms with Gasteiger partial charge < -0.3 is 14.2 Å². The largest absolute Gasteiger partial charge is 0.482 e. The molecule has 36 heavy (non-hydrogen) atoms. The number of carbonyl (C=O) groups excluding carboxylic acids is 2. The third-order valence-corrected chi connectivity index (χ3v) is 5.47. The molecule has 0 heterocycles. The van der Waals surface area contributed by atoms with E-state index in [1.165, 1.54) is 5.56 Å². The number of hydrogen-bond acceptors (Lipinski definition) is 5. The summed E-state index contributed by atoms with van der Waals surface area (Å²) >= 11 is 0. The number of allylic oxidation sites excluding steroid dienone is 1. The molecule has 0 saturated carbocycles. The molecule has 5 heteroatoms. The molecule has 5 nitrogen and oxygen atoms in total. The van der Waals surface area contributed by atoms with Crippen molar-refractivity contribution in [1.82, 2.24) is 0 Å². The fraction of sp³-hybridized carbons (Fsp3) is 0.161. The van der Waals surface area contributed by atoms with Gasteiger partial charge in [0, 0.05) is 5.57 Å². The number of benzene rings is 3. The first-order chi connectivity index (χ1) is 17.2. The zero-order chi connectivity index (χ0) is 26.2. The Bertz CT molecular complexity index is 1300. The van der Waals surface area contributed by atoms with Gasteiger partial charge in [0.25, 0.3) is 0 Å². The molecule has 0 aliphatic carbocycles. The van der Waals surface area contributed by atoms with Gasteiger partial charge in [-0.1, -0.05) is 69.1 Å². The van der Waals surface area contributed by atoms with Crippen LogP contribution in [0.2, 0.25) is 0 Å². The zero-order valence-corrected chi connectivity index (χ0v) is 20.9. The summed E-state index contributed by atoms with van der Waals surface area (Å²) in [5.74, 6) is 0.328. The van der Waals surface area contributed by atoms with Crippen LogP contribution in [0.3, 0.4) is 0 Å². The van der Waals surface area contributed by atoms with Crippen molar-refractivity contribution >= 4 is 11.9 Å². The highest BCUT2D eigenvalue weighted by atomic mass is 16.6. The molecule has 0 aromatic heterocycles. The number of aryl methyl sites for hydroxylation is 1. The van der Waals surface area contributed by atoms with Gasteiger partial charge in [0.05, 0.1) is 0 Å². The molecule has 0 bridgehead atoms. The Morgan fingerprint density at radius 3 is 1.83 bits per heavy atom. The summed E-state index contributed by atoms with van der Waals surface area (Å²) in [6.07, 6.45) is 0.848. The fourth-order valence-corrected chi connectivity index (χ4v) is 3.39. The molecule has 0 spiro atoms. The van der Waals surface area contributed by atoms with E-state index in [0.29, 0.717) is 28.4 Å². The minimum absolute atomic E-state index is 0.230. The molecule has 3 aromatic rings. The maximum absolute atomic E-state index is 12.0. The number of esters is 2. The average Bonchev–Trinajstić information content (AvgIpc) is 2.87. The highest BCUT2D eigenvalue weighted by Crippen LogP contribution is 2.31. The van der Waals surface area contributed by atoms with Crippen molar-refractivity contribution in [2.75, 3.05) is 6.61 Å². The van der Waals surface area contributed by atoms with Crippen molar-refractivity contribution in [3.63, 3.8) is 0 Å². The number of ether oxygens (including phenoxy) is 3. The molecular weight excluding hydrogens is 452 g/mol. The van der Waals surface area contributed by atoms with Crippen molar-refractivity contribution in [3.8, 4) is 33.8 Å². The van der Waals surface area contributed by atoms with Crippen LogP contribution >= 0.6 is 0 Å². The van der Waals surface area contributed by atoms with Crippen LogP contribution in [-0.4, -0.2) is 18.5 Å². The van der Waals surface area contributed by atoms with Crippen molar-refractivity contribution in [3.05, 3.63) is 109 Å². The standard InChI is InChI=1S/C31H30O5/c1-7-23-18-26(12-17-29(23)25-10-15-28(16-11-25)36-31(33)21(4)5)24-8-13-27(14-9-24)35-30(32)19-34-22(6)20(2)3/h8-18H,2,4,6-7,19H2,1,3,5H3. The second-order valence-corrected chi connectivity index (χ2v) is 8.41. The lowest BCUT2D eigenvalue weighted by Crippen LogP contribution is -2.15. The minimum atomic E-state index is -0.511. The van der Waals surface area contributed by atoms with Crippen molar-refractivity contribution in [1.29, 1.82) is 0 Å². The first-order valence-electron chi connectivity index (χ1n) is 11.6. The monoisotopic (exact) mass is 482 g/mol. The molecule has 184 valence electrons. The Labute approximate surface area is 212 Å². The smallest absolute Gasteiger partial charge is 0.349 e. The maximum atomic E-state index is 12.0. The summed E-state index contributed by atoms with van der Waals surface area (Å²) in [5.41, 5.74) is 6.41. The van der Waals surface area contributed by atoms with Crippen LogP contribution in [-0.2, 0) is 20.7 Å². The molecule has 0 atom stereocenters. The molecule has 0 aliphatic heterocycles. The third-order valence-electron chi connectivity index (χ3n) is 5.47. The van der Waals surface area contributed by atoms with Gasteiger partial charge in [0.1, 0.15) is 17.3 Å². The van der Waals surface area contributed by atoms with Gasteiger partial charge in [-0.2, -0.15) is 0 Å². The first kappa shape index (κ1) is 26.2. The molecule has 0 unspecified atom stereocenters. The van der Waals surface area contributed by atoms with E-state index in [0.717, 1.165) is 28.7 Å². The predicted molar refractivity (Wildman–Crippen MR) is 143 cm³/mol. The van der Waals surface area contributed by atoms with E-state index >= 15 is 0 Å². The minimum Gasteiger partial charge on any atom is -0.482 e. The lowest BCUT2D eigenvalue weighted by atomic mass is 9.93. The van der Waals surface area contributed by atoms with Crippen LogP contribution in [0.15, 0.2) is 103 Å². The average molecular weight is 483 g/mol. The van der Waals surface area contributed by atoms with Crippen LogP contribution in [0.1, 0.15) is 26.3 Å². The van der Waals surface area contributed by atoms with Crippen LogP contribution in [0.4, 0.5) is 0 Å². The molecule has 0 fully saturated rings. The summed E-state index contributed by atoms with van der Waals surface area (Å²) in [4.78, 5) is 23.7. The molecular formula is C31H30O5. The van der Waals surface area contributed by atoms with Crippen molar-refractivity contribution in [2.24, 2.45) is 0 Å². The molecule has 3 rings (SSSR count). The Hall–Kier alpha value is -4.38. The lowest BCUT2D eigenvalue weighted by Gasteiger charge is -2.13. The van der Waals surface area contributed by atoms with E-state index in [1.54, 1.807) is 38.1 Å². The van der Waals surface area contributed by atoms with Gasteiger partial charge in [0.15, 0.2) is 6.61 Å². The predicted octanol–water partition coefficient (Wildman–Crippen LogP) is 7.08. The van der Waals surface area contributed by atoms with E-state index in [9.17, 15) is 9.59 Å². The Morgan fingerprint density at radius 1 is 0.722 bits per heavy atom. The van der Waals surface area contributed by atoms with Gasteiger partial charge in [-0.3, -0.25) is 0 Å². The Balaban J connectivity index is 1.71. The zero-order valence-electron chi connectivity index (χ0n) is 20.9. The first-order valence-corrected chi connectivity index (χ1v) is 11.6. The lowest BCUT2D eigenvalue weighted by molar-refractivity contribution is -0.138. The summed E-state index contributed by atoms with van der Waals surface area (Å²) in [5, 5.41) is 0. The molecule has 0 amide bonds. The van der Waals surface area contributed by atoms with Gasteiger partial charge in [-0.15, -0.1) is 0 Å². The van der Waals surface area contributed by atoms with E-state index in [-0.39, 0.29) is 6.61 Å². The number of rotatable bonds is 10. The topological polar surface area (TPSA) is 61.8 Å². The number of carbonyl (C=O) groups is 2. The molecule has 0 aliphatic rings. The van der Waals surface area contributed by atoms with Crippen molar-refractivity contribution in [2.45, 2.75) is 27.2 Å². The molecule has 0 radical (unpaired) electrons. The van der Waals surface area contributed by atoms with Crippen LogP contribution in [0.25, 0.3) is 22.3 Å². The van der Waals surface area contributed by atoms with E-state index in [1.807, 2.05) is 24.3 Å². The quantitative estimate of drug-likeness (QED) is 0.102. The normalized spacial score (nSPS) is 10.3. The fourth-order valence-electron chi connectivity index (χ4n) is 3.39. The highest BCUT2D eigenvalue weighted by molar-refractivity contribution is 5.88. The maximum Gasteiger partial charge on any atom is 0.349 e. The van der Waals surface area contributed by atoms with E-state index in [4.69, 9.17) is 14.2 Å². The highest BCUT2D eigenvalue weighted by Gasteiger charge is 2.11. The van der Waals surface area contributed by atoms with Crippen molar-refractivity contribution < 1.29 is 23.8 Å². The SMILES string of the molecule is C=C(C)C(=C)OCC(=O)Oc1ccc(-c2ccc(-c3ccc(OC(=O)C(=C)C)cc3)c(CC)c2)cc1. The van der Waals surface area contributed by atoms with Crippen LogP contribution < -0.4 is 9.47 Å². The summed E-state index contributed by atoms with van der Waals surface area (Å²) in [6.45, 7) is 16.2. The molecule has 0 saturated heterocycles. The Kier molecular flexibility index (Phi) is 8.63. The second-order valence-electron chi connectivity index (χ2n) is 8.41. The summed E-state index contributed by atoms with van der Waals surface area (Å²) < 4.78 is 15.9. The Morgan fingerprint density at radius 2 is 1.28 bits per heavy atom. The number of hydrogen-bond donors (Lipinski definition) is 0. The van der Waals surface area contributed by atoms with Gasteiger partial charge in [0.2, 0.25) is 0 Å². The third kappa shape index (κ3) is 6.83. The van der Waals surface area contributed by atoms with E-state index in [2.05, 4.69) is 44.9 Å². The van der Waals surface area contributed by atoms with Crippen LogP contribution in [0.5, 0.6) is 11.5 Å². The molecule has 3 aromatic carbocycles. The van der Waals surface area contributed by atoms with Crippen LogP contribution in [0, 0.1) is 0 Å². The van der Waals surface area contributed by atoms with Gasteiger partial charge in [-0.25, -0.2) is 9.59 Å². The summed E-state index contributed by atoms with van der Waals surface area (Å²) in [7, 11) is 0. The second kappa shape index (κ2) is 11.8. The van der Waals surface area contributed by atoms with Gasteiger partial charge >= 0.3 is 11.9 Å². The summed E-state index contributed by atoms with van der Waals surface area (Å²) in [6, 6.07) is 21.1. The van der Waals surface area contributed by atoms with E-state index < -0.39 is 11.9 Å². The molecule has 0 N–H and O–H groups in total.